The van der Waals surface area contributed by atoms with E-state index in [2.05, 4.69) is 0 Å². The summed E-state index contributed by atoms with van der Waals surface area (Å²) >= 11 is 0.900. The molecule has 104 valence electrons. The molecule has 0 amide bonds. The number of rotatable bonds is 5. The number of halogens is 1. The van der Waals surface area contributed by atoms with E-state index >= 15 is 0 Å². The first-order chi connectivity index (χ1) is 8.86. The van der Waals surface area contributed by atoms with Crippen molar-refractivity contribution in [2.24, 2.45) is 0 Å². The van der Waals surface area contributed by atoms with Gasteiger partial charge in [-0.15, -0.1) is 11.8 Å². The van der Waals surface area contributed by atoms with Crippen LogP contribution in [0.25, 0.3) is 0 Å². The molecule has 0 aliphatic heterocycles. The second-order valence-corrected chi connectivity index (χ2v) is 5.30. The lowest BCUT2D eigenvalue weighted by molar-refractivity contribution is -0.136. The molecule has 4 nitrogen and oxygen atoms in total. The number of thioether (sulfide) groups is 1. The molecule has 0 aliphatic carbocycles. The van der Waals surface area contributed by atoms with E-state index in [-0.39, 0.29) is 17.1 Å². The van der Waals surface area contributed by atoms with E-state index in [1.54, 1.807) is 13.8 Å². The summed E-state index contributed by atoms with van der Waals surface area (Å²) in [5.41, 5.74) is 0.714. The molecule has 0 aliphatic rings. The number of benzene rings is 1. The highest BCUT2D eigenvalue weighted by atomic mass is 32.2. The lowest BCUT2D eigenvalue weighted by atomic mass is 10.1. The van der Waals surface area contributed by atoms with Crippen LogP contribution >= 0.6 is 11.8 Å². The highest BCUT2D eigenvalue weighted by molar-refractivity contribution is 8.00. The smallest absolute Gasteiger partial charge is 0.338 e. The quantitative estimate of drug-likeness (QED) is 0.666. The number of carboxylic acid groups (broad SMARTS) is 1. The van der Waals surface area contributed by atoms with Crippen LogP contribution in [-0.2, 0) is 9.53 Å². The molecule has 0 aromatic heterocycles. The molecule has 19 heavy (non-hydrogen) atoms. The topological polar surface area (TPSA) is 63.6 Å². The van der Waals surface area contributed by atoms with Crippen molar-refractivity contribution in [2.45, 2.75) is 30.9 Å². The van der Waals surface area contributed by atoms with Crippen molar-refractivity contribution in [1.29, 1.82) is 0 Å². The third kappa shape index (κ3) is 3.96. The van der Waals surface area contributed by atoms with Crippen LogP contribution in [-0.4, -0.2) is 28.9 Å². The molecule has 0 fully saturated rings. The van der Waals surface area contributed by atoms with Gasteiger partial charge in [-0.3, -0.25) is 4.79 Å². The highest BCUT2D eigenvalue weighted by Crippen LogP contribution is 2.29. The first-order valence-corrected chi connectivity index (χ1v) is 6.61. The summed E-state index contributed by atoms with van der Waals surface area (Å²) in [6, 6.07) is 2.55. The molecule has 0 spiro atoms. The Balaban J connectivity index is 3.03. The standard InChI is InChI=1S/C13H15FO4S/c1-4-18-13(17)9-6-10(14)11(5-7(9)2)19-8(3)12(15)16/h5-6,8H,4H2,1-3H3,(H,15,16). The van der Waals surface area contributed by atoms with Crippen molar-refractivity contribution in [1.82, 2.24) is 0 Å². The lowest BCUT2D eigenvalue weighted by Crippen LogP contribution is -2.12. The zero-order valence-electron chi connectivity index (χ0n) is 10.9. The Bertz CT molecular complexity index is 502. The van der Waals surface area contributed by atoms with Crippen molar-refractivity contribution < 1.29 is 23.8 Å². The van der Waals surface area contributed by atoms with Crippen molar-refractivity contribution in [3.63, 3.8) is 0 Å². The van der Waals surface area contributed by atoms with Gasteiger partial charge in [0.2, 0.25) is 0 Å². The molecule has 0 saturated carbocycles. The predicted molar refractivity (Wildman–Crippen MR) is 70.0 cm³/mol. The fraction of sp³-hybridized carbons (Fsp3) is 0.385. The summed E-state index contributed by atoms with van der Waals surface area (Å²) in [5.74, 6) is -2.22. The van der Waals surface area contributed by atoms with Crippen molar-refractivity contribution >= 4 is 23.7 Å². The summed E-state index contributed by atoms with van der Waals surface area (Å²) in [6.07, 6.45) is 0. The van der Waals surface area contributed by atoms with E-state index in [0.717, 1.165) is 17.8 Å². The number of aliphatic carboxylic acids is 1. The van der Waals surface area contributed by atoms with Crippen LogP contribution in [0.3, 0.4) is 0 Å². The molecule has 0 saturated heterocycles. The first kappa shape index (κ1) is 15.5. The van der Waals surface area contributed by atoms with E-state index in [4.69, 9.17) is 9.84 Å². The number of aryl methyl sites for hydroxylation is 1. The van der Waals surface area contributed by atoms with Gasteiger partial charge in [0.1, 0.15) is 11.1 Å². The van der Waals surface area contributed by atoms with Crippen molar-refractivity contribution in [2.75, 3.05) is 6.61 Å². The molecular formula is C13H15FO4S. The molecule has 6 heteroatoms. The van der Waals surface area contributed by atoms with Crippen LogP contribution < -0.4 is 0 Å². The molecule has 0 bridgehead atoms. The number of esters is 1. The molecule has 1 rings (SSSR count). The highest BCUT2D eigenvalue weighted by Gasteiger charge is 2.18. The predicted octanol–water partition coefficient (Wildman–Crippen LogP) is 2.88. The van der Waals surface area contributed by atoms with Gasteiger partial charge < -0.3 is 9.84 Å². The zero-order valence-corrected chi connectivity index (χ0v) is 11.7. The van der Waals surface area contributed by atoms with Crippen LogP contribution in [0.1, 0.15) is 29.8 Å². The van der Waals surface area contributed by atoms with Gasteiger partial charge in [-0.25, -0.2) is 9.18 Å². The Morgan fingerprint density at radius 3 is 2.63 bits per heavy atom. The second kappa shape index (κ2) is 6.56. The third-order valence-electron chi connectivity index (χ3n) is 2.43. The number of hydrogen-bond donors (Lipinski definition) is 1. The molecule has 1 atom stereocenters. The largest absolute Gasteiger partial charge is 0.480 e. The number of carbonyl (C=O) groups is 2. The van der Waals surface area contributed by atoms with E-state index in [1.807, 2.05) is 0 Å². The number of carbonyl (C=O) groups excluding carboxylic acids is 1. The maximum absolute atomic E-state index is 13.8. The van der Waals surface area contributed by atoms with Crippen LogP contribution in [0.4, 0.5) is 4.39 Å². The monoisotopic (exact) mass is 286 g/mol. The van der Waals surface area contributed by atoms with Gasteiger partial charge in [0.05, 0.1) is 12.2 Å². The van der Waals surface area contributed by atoms with Gasteiger partial charge in [-0.2, -0.15) is 0 Å². The third-order valence-corrected chi connectivity index (χ3v) is 3.55. The van der Waals surface area contributed by atoms with Crippen molar-refractivity contribution in [3.05, 3.63) is 29.1 Å². The molecule has 1 N–H and O–H groups in total. The second-order valence-electron chi connectivity index (χ2n) is 3.92. The zero-order chi connectivity index (χ0) is 14.6. The Morgan fingerprint density at radius 1 is 1.47 bits per heavy atom. The van der Waals surface area contributed by atoms with Gasteiger partial charge in [0, 0.05) is 4.90 Å². The molecule has 1 aromatic carbocycles. The minimum absolute atomic E-state index is 0.159. The summed E-state index contributed by atoms with van der Waals surface area (Å²) < 4.78 is 18.6. The fourth-order valence-corrected chi connectivity index (χ4v) is 2.31. The van der Waals surface area contributed by atoms with Crippen LogP contribution in [0.5, 0.6) is 0 Å². The van der Waals surface area contributed by atoms with Crippen LogP contribution in [0.15, 0.2) is 17.0 Å². The Morgan fingerprint density at radius 2 is 2.11 bits per heavy atom. The van der Waals surface area contributed by atoms with E-state index in [9.17, 15) is 14.0 Å². The Hall–Kier alpha value is -1.56. The molecule has 1 aromatic rings. The summed E-state index contributed by atoms with van der Waals surface area (Å²) in [7, 11) is 0. The number of hydrogen-bond acceptors (Lipinski definition) is 4. The molecular weight excluding hydrogens is 271 g/mol. The summed E-state index contributed by atoms with van der Waals surface area (Å²) in [5, 5.41) is 8.04. The van der Waals surface area contributed by atoms with Gasteiger partial charge in [0.15, 0.2) is 0 Å². The van der Waals surface area contributed by atoms with Crippen molar-refractivity contribution in [3.8, 4) is 0 Å². The van der Waals surface area contributed by atoms with E-state index in [0.29, 0.717) is 5.56 Å². The van der Waals surface area contributed by atoms with E-state index in [1.165, 1.54) is 13.0 Å². The average Bonchev–Trinajstić information content (AvgIpc) is 2.33. The molecule has 1 unspecified atom stereocenters. The minimum Gasteiger partial charge on any atom is -0.480 e. The summed E-state index contributed by atoms with van der Waals surface area (Å²) in [4.78, 5) is 22.5. The van der Waals surface area contributed by atoms with Crippen LogP contribution in [0.2, 0.25) is 0 Å². The maximum atomic E-state index is 13.8. The van der Waals surface area contributed by atoms with Gasteiger partial charge >= 0.3 is 11.9 Å². The maximum Gasteiger partial charge on any atom is 0.338 e. The Kier molecular flexibility index (Phi) is 5.35. The fourth-order valence-electron chi connectivity index (χ4n) is 1.41. The average molecular weight is 286 g/mol. The normalized spacial score (nSPS) is 12.0. The molecule has 0 heterocycles. The van der Waals surface area contributed by atoms with Gasteiger partial charge in [0.25, 0.3) is 0 Å². The van der Waals surface area contributed by atoms with E-state index < -0.39 is 23.0 Å². The van der Waals surface area contributed by atoms with Crippen LogP contribution in [0, 0.1) is 12.7 Å². The molecule has 0 radical (unpaired) electrons. The lowest BCUT2D eigenvalue weighted by Gasteiger charge is -2.11. The summed E-state index contributed by atoms with van der Waals surface area (Å²) in [6.45, 7) is 5.01. The number of carboxylic acids is 1. The minimum atomic E-state index is -1.02. The number of ether oxygens (including phenoxy) is 1. The van der Waals surface area contributed by atoms with Gasteiger partial charge in [-0.1, -0.05) is 0 Å². The Labute approximate surface area is 115 Å². The SMILES string of the molecule is CCOC(=O)c1cc(F)c(SC(C)C(=O)O)cc1C. The first-order valence-electron chi connectivity index (χ1n) is 5.73. The van der Waals surface area contributed by atoms with Gasteiger partial charge in [-0.05, 0) is 38.5 Å².